The number of amides is 4. The number of hydrogen-bond acceptors (Lipinski definition) is 6. The summed E-state index contributed by atoms with van der Waals surface area (Å²) in [5.74, 6) is -5.38. The highest BCUT2D eigenvalue weighted by atomic mass is 35.5. The molecule has 3 aromatic carbocycles. The average Bonchev–Trinajstić information content (AvgIpc) is 3.37. The highest BCUT2D eigenvalue weighted by Crippen LogP contribution is 2.64. The Labute approximate surface area is 264 Å². The van der Waals surface area contributed by atoms with Gasteiger partial charge in [0.15, 0.2) is 0 Å². The van der Waals surface area contributed by atoms with Gasteiger partial charge in [-0.3, -0.25) is 24.1 Å². The average molecular weight is 629 g/mol. The number of fused-ring (bicyclic) bond motifs is 4. The molecule has 3 fully saturated rings. The molecule has 0 bridgehead atoms. The van der Waals surface area contributed by atoms with E-state index in [0.717, 1.165) is 27.0 Å². The quantitative estimate of drug-likeness (QED) is 0.290. The summed E-state index contributed by atoms with van der Waals surface area (Å²) in [4.78, 5) is 57.2. The lowest BCUT2D eigenvalue weighted by Gasteiger charge is -2.49. The molecule has 1 N–H and O–H groups in total. The van der Waals surface area contributed by atoms with Gasteiger partial charge in [0, 0.05) is 24.6 Å². The summed E-state index contributed by atoms with van der Waals surface area (Å²) in [6.07, 6.45) is 2.39. The molecule has 0 radical (unpaired) electrons. The van der Waals surface area contributed by atoms with E-state index in [0.29, 0.717) is 17.7 Å². The van der Waals surface area contributed by atoms with Crippen LogP contribution in [0.25, 0.3) is 0 Å². The highest BCUT2D eigenvalue weighted by Gasteiger charge is 2.67. The van der Waals surface area contributed by atoms with Crippen LogP contribution < -0.4 is 9.64 Å². The van der Waals surface area contributed by atoms with Crippen LogP contribution in [0.3, 0.4) is 0 Å². The first kappa shape index (κ1) is 29.2. The van der Waals surface area contributed by atoms with Crippen LogP contribution in [0.4, 0.5) is 10.1 Å². The van der Waals surface area contributed by atoms with Crippen LogP contribution in [-0.2, 0) is 25.8 Å². The number of benzene rings is 3. The number of ether oxygens (including phenoxy) is 1. The van der Waals surface area contributed by atoms with Crippen LogP contribution in [-0.4, -0.2) is 40.7 Å². The first-order valence-corrected chi connectivity index (χ1v) is 15.2. The Balaban J connectivity index is 1.33. The Morgan fingerprint density at radius 3 is 2.44 bits per heavy atom. The summed E-state index contributed by atoms with van der Waals surface area (Å²) in [5, 5.41) is 11.3. The summed E-state index contributed by atoms with van der Waals surface area (Å²) in [6, 6.07) is 18.1. The fraction of sp³-hybridized carbons (Fsp3) is 0.314. The van der Waals surface area contributed by atoms with E-state index in [1.54, 1.807) is 19.1 Å². The lowest BCUT2D eigenvalue weighted by atomic mass is 9.51. The largest absolute Gasteiger partial charge is 0.508 e. The minimum absolute atomic E-state index is 0.122. The molecular formula is C35H30ClFN2O6. The van der Waals surface area contributed by atoms with Crippen molar-refractivity contribution >= 4 is 40.9 Å². The lowest BCUT2D eigenvalue weighted by molar-refractivity contribution is -0.138. The molecule has 0 unspecified atom stereocenters. The van der Waals surface area contributed by atoms with Crippen molar-refractivity contribution in [2.24, 2.45) is 29.1 Å². The SMILES string of the molecule is CN1C(=O)[C@H]2[C@H](CC=C3[C@H]2C[C@H]2C(=O)N(c4ccc(F)c(Cl)c4)C(=O)[C@@]2(C)[C@H]3c2ccc(OCc3ccccc3)cc2O)C1=O. The second kappa shape index (κ2) is 10.5. The molecule has 1 saturated carbocycles. The summed E-state index contributed by atoms with van der Waals surface area (Å²) in [7, 11) is 1.47. The third-order valence-corrected chi connectivity index (χ3v) is 10.5. The van der Waals surface area contributed by atoms with Gasteiger partial charge in [0.05, 0.1) is 33.9 Å². The Bertz CT molecular complexity index is 1810. The van der Waals surface area contributed by atoms with E-state index in [1.165, 1.54) is 25.2 Å². The number of nitrogens with zero attached hydrogens (tertiary/aromatic N) is 2. The van der Waals surface area contributed by atoms with Crippen molar-refractivity contribution in [1.82, 2.24) is 4.90 Å². The number of rotatable bonds is 5. The minimum Gasteiger partial charge on any atom is -0.508 e. The first-order chi connectivity index (χ1) is 21.5. The summed E-state index contributed by atoms with van der Waals surface area (Å²) in [5.41, 5.74) is 0.884. The zero-order chi connectivity index (χ0) is 31.8. The number of aromatic hydroxyl groups is 1. The summed E-state index contributed by atoms with van der Waals surface area (Å²) in [6.45, 7) is 1.99. The Kier molecular flexibility index (Phi) is 6.85. The van der Waals surface area contributed by atoms with Gasteiger partial charge in [-0.1, -0.05) is 59.6 Å². The molecule has 0 spiro atoms. The Morgan fingerprint density at radius 2 is 1.73 bits per heavy atom. The van der Waals surface area contributed by atoms with Crippen molar-refractivity contribution in [2.75, 3.05) is 11.9 Å². The van der Waals surface area contributed by atoms with Crippen LogP contribution in [0.2, 0.25) is 5.02 Å². The van der Waals surface area contributed by atoms with E-state index in [4.69, 9.17) is 16.3 Å². The van der Waals surface area contributed by atoms with Crippen LogP contribution in [0.5, 0.6) is 11.5 Å². The minimum atomic E-state index is -1.37. The van der Waals surface area contributed by atoms with Crippen molar-refractivity contribution in [3.63, 3.8) is 0 Å². The maximum absolute atomic E-state index is 14.5. The summed E-state index contributed by atoms with van der Waals surface area (Å²) >= 11 is 6.05. The van der Waals surface area contributed by atoms with Gasteiger partial charge in [-0.25, -0.2) is 9.29 Å². The van der Waals surface area contributed by atoms with Crippen LogP contribution in [0, 0.1) is 34.9 Å². The smallest absolute Gasteiger partial charge is 0.241 e. The van der Waals surface area contributed by atoms with Gasteiger partial charge in [-0.05, 0) is 55.5 Å². The van der Waals surface area contributed by atoms with Crippen LogP contribution in [0.15, 0.2) is 78.4 Å². The fourth-order valence-corrected chi connectivity index (χ4v) is 8.16. The van der Waals surface area contributed by atoms with E-state index in [9.17, 15) is 28.7 Å². The lowest BCUT2D eigenvalue weighted by Crippen LogP contribution is -2.48. The van der Waals surface area contributed by atoms with Crippen molar-refractivity contribution in [1.29, 1.82) is 0 Å². The molecule has 2 aliphatic heterocycles. The molecular weight excluding hydrogens is 599 g/mol. The number of imide groups is 2. The molecule has 8 nitrogen and oxygen atoms in total. The number of hydrogen-bond donors (Lipinski definition) is 1. The predicted octanol–water partition coefficient (Wildman–Crippen LogP) is 5.62. The van der Waals surface area contributed by atoms with E-state index >= 15 is 0 Å². The van der Waals surface area contributed by atoms with Crippen LogP contribution in [0.1, 0.15) is 36.8 Å². The molecule has 6 atom stereocenters. The fourth-order valence-electron chi connectivity index (χ4n) is 7.99. The number of anilines is 1. The van der Waals surface area contributed by atoms with E-state index in [1.807, 2.05) is 36.4 Å². The molecule has 3 aromatic rings. The molecule has 2 saturated heterocycles. The van der Waals surface area contributed by atoms with E-state index < -0.39 is 52.6 Å². The molecule has 10 heteroatoms. The number of phenols is 1. The Morgan fingerprint density at radius 1 is 0.978 bits per heavy atom. The van der Waals surface area contributed by atoms with Gasteiger partial charge in [0.2, 0.25) is 23.6 Å². The van der Waals surface area contributed by atoms with Gasteiger partial charge in [-0.2, -0.15) is 0 Å². The predicted molar refractivity (Wildman–Crippen MR) is 163 cm³/mol. The van der Waals surface area contributed by atoms with Crippen molar-refractivity contribution < 1.29 is 33.4 Å². The number of halogens is 2. The van der Waals surface area contributed by atoms with Gasteiger partial charge in [0.1, 0.15) is 23.9 Å². The maximum atomic E-state index is 14.5. The van der Waals surface area contributed by atoms with Gasteiger partial charge < -0.3 is 9.84 Å². The molecule has 4 aliphatic rings. The number of likely N-dealkylation sites (tertiary alicyclic amines) is 1. The molecule has 2 aliphatic carbocycles. The molecule has 7 rings (SSSR count). The number of carbonyl (C=O) groups is 4. The summed E-state index contributed by atoms with van der Waals surface area (Å²) < 4.78 is 20.0. The molecule has 45 heavy (non-hydrogen) atoms. The molecule has 230 valence electrons. The topological polar surface area (TPSA) is 104 Å². The van der Waals surface area contributed by atoms with Gasteiger partial charge >= 0.3 is 0 Å². The van der Waals surface area contributed by atoms with Gasteiger partial charge in [0.25, 0.3) is 0 Å². The van der Waals surface area contributed by atoms with Crippen LogP contribution >= 0.6 is 11.6 Å². The third-order valence-electron chi connectivity index (χ3n) is 10.2. The standard InChI is InChI=1S/C35H30ClFN2O6/c1-35-25(32(42)39(34(35)44)19-8-13-27(37)26(36)14-19)16-24-21(11-12-23-29(24)33(43)38(2)31(23)41)30(35)22-10-9-20(15-28(22)40)45-17-18-6-4-3-5-7-18/h3-11,13-15,23-25,29-30,40H,12,16-17H2,1-2H3/t23-,24+,25-,29-,30+,35+/m0/s1. The second-order valence-corrected chi connectivity index (χ2v) is 12.9. The second-order valence-electron chi connectivity index (χ2n) is 12.5. The zero-order valence-electron chi connectivity index (χ0n) is 24.6. The maximum Gasteiger partial charge on any atom is 0.241 e. The van der Waals surface area contributed by atoms with Crippen molar-refractivity contribution in [3.8, 4) is 11.5 Å². The third kappa shape index (κ3) is 4.31. The Hall–Kier alpha value is -4.50. The number of allylic oxidation sites excluding steroid dienone is 2. The molecule has 2 heterocycles. The molecule has 0 aromatic heterocycles. The van der Waals surface area contributed by atoms with E-state index in [2.05, 4.69) is 0 Å². The van der Waals surface area contributed by atoms with Crippen molar-refractivity contribution in [2.45, 2.75) is 32.3 Å². The number of carbonyl (C=O) groups excluding carboxylic acids is 4. The first-order valence-electron chi connectivity index (χ1n) is 14.9. The van der Waals surface area contributed by atoms with Gasteiger partial charge in [-0.15, -0.1) is 0 Å². The monoisotopic (exact) mass is 628 g/mol. The normalized spacial score (nSPS) is 29.0. The highest BCUT2D eigenvalue weighted by molar-refractivity contribution is 6.31. The van der Waals surface area contributed by atoms with E-state index in [-0.39, 0.29) is 41.3 Å². The number of phenolic OH excluding ortho intramolecular Hbond substituents is 1. The van der Waals surface area contributed by atoms with Crippen molar-refractivity contribution in [3.05, 3.63) is 100 Å². The zero-order valence-corrected chi connectivity index (χ0v) is 25.3. The molecule has 4 amide bonds.